The van der Waals surface area contributed by atoms with Crippen molar-refractivity contribution in [3.05, 3.63) is 82.5 Å². The van der Waals surface area contributed by atoms with Crippen LogP contribution in [0.4, 0.5) is 0 Å². The Labute approximate surface area is 227 Å². The summed E-state index contributed by atoms with van der Waals surface area (Å²) in [5, 5.41) is 4.55. The minimum Gasteiger partial charge on any atom is -0.493 e. The molecular weight excluding hydrogens is 494 g/mol. The fraction of sp³-hybridized carbons (Fsp3) is 0.345. The molecule has 2 N–H and O–H groups in total. The number of carbonyl (C=O) groups excluding carboxylic acids is 2. The maximum absolute atomic E-state index is 14.1. The second-order valence-corrected chi connectivity index (χ2v) is 9.90. The molecule has 0 unspecified atom stereocenters. The maximum atomic E-state index is 14.1. The molecule has 1 aliphatic heterocycles. The van der Waals surface area contributed by atoms with E-state index in [1.165, 1.54) is 6.20 Å². The minimum atomic E-state index is -0.605. The van der Waals surface area contributed by atoms with Crippen molar-refractivity contribution in [2.24, 2.45) is 12.8 Å². The molecule has 0 radical (unpaired) electrons. The summed E-state index contributed by atoms with van der Waals surface area (Å²) < 4.78 is 9.52. The van der Waals surface area contributed by atoms with E-state index in [2.05, 4.69) is 25.7 Å². The van der Waals surface area contributed by atoms with Crippen LogP contribution >= 0.6 is 0 Å². The van der Waals surface area contributed by atoms with E-state index in [9.17, 15) is 9.59 Å². The van der Waals surface area contributed by atoms with Crippen molar-refractivity contribution in [1.82, 2.24) is 29.2 Å². The number of fused-ring (bicyclic) bond motifs is 1. The van der Waals surface area contributed by atoms with E-state index in [0.717, 1.165) is 33.8 Å². The molecule has 0 bridgehead atoms. The number of nitrogens with two attached hydrogens (primary N) is 1. The Hall–Kier alpha value is -4.47. The third-order valence-electron chi connectivity index (χ3n) is 7.33. The number of primary amides is 1. The molecular formula is C29H33N7O3. The summed E-state index contributed by atoms with van der Waals surface area (Å²) in [4.78, 5) is 36.5. The van der Waals surface area contributed by atoms with Crippen molar-refractivity contribution in [2.45, 2.75) is 46.7 Å². The molecule has 0 saturated carbocycles. The van der Waals surface area contributed by atoms with E-state index in [1.54, 1.807) is 16.9 Å². The quantitative estimate of drug-likeness (QED) is 0.374. The van der Waals surface area contributed by atoms with Crippen LogP contribution in [0.5, 0.6) is 5.75 Å². The molecule has 4 aromatic rings. The van der Waals surface area contributed by atoms with Crippen LogP contribution in [0.1, 0.15) is 68.9 Å². The Balaban J connectivity index is 1.55. The van der Waals surface area contributed by atoms with Crippen molar-refractivity contribution in [3.63, 3.8) is 0 Å². The third kappa shape index (κ3) is 4.89. The molecule has 3 aromatic heterocycles. The first kappa shape index (κ1) is 26.1. The standard InChI is InChI=1S/C29H33N7O3/c1-6-39-27-13-26(32-14-24(27)28(30)37)18(3)36-9-7-21-22(25-16-34(5)33-17(25)2)11-20(12-23(21)29(36)38)15-35-10-8-31-19(35)4/h8,10-14,16,18H,6-7,9,15H2,1-5H3,(H2,30,37)/t18-/m0/s1. The number of imidazole rings is 1. The normalized spacial score (nSPS) is 13.9. The summed E-state index contributed by atoms with van der Waals surface area (Å²) >= 11 is 0. The summed E-state index contributed by atoms with van der Waals surface area (Å²) in [6, 6.07) is 5.54. The molecule has 2 amide bonds. The lowest BCUT2D eigenvalue weighted by atomic mass is 9.87. The van der Waals surface area contributed by atoms with Gasteiger partial charge < -0.3 is 19.9 Å². The highest BCUT2D eigenvalue weighted by Gasteiger charge is 2.32. The first-order valence-electron chi connectivity index (χ1n) is 13.1. The number of rotatable bonds is 8. The molecule has 1 aromatic carbocycles. The van der Waals surface area contributed by atoms with Gasteiger partial charge in [0.15, 0.2) is 0 Å². The molecule has 39 heavy (non-hydrogen) atoms. The molecule has 0 spiro atoms. The van der Waals surface area contributed by atoms with Gasteiger partial charge in [0.05, 0.1) is 29.6 Å². The van der Waals surface area contributed by atoms with Crippen LogP contribution in [-0.2, 0) is 20.0 Å². The second kappa shape index (κ2) is 10.4. The third-order valence-corrected chi connectivity index (χ3v) is 7.33. The van der Waals surface area contributed by atoms with Gasteiger partial charge in [-0.05, 0) is 62.9 Å². The lowest BCUT2D eigenvalue weighted by Crippen LogP contribution is -2.40. The van der Waals surface area contributed by atoms with Crippen LogP contribution in [0, 0.1) is 13.8 Å². The summed E-state index contributed by atoms with van der Waals surface area (Å²) in [6.07, 6.45) is 7.85. The van der Waals surface area contributed by atoms with E-state index in [1.807, 2.05) is 58.1 Å². The number of benzene rings is 1. The molecule has 0 saturated heterocycles. The van der Waals surface area contributed by atoms with E-state index in [0.29, 0.717) is 43.1 Å². The maximum Gasteiger partial charge on any atom is 0.254 e. The number of aryl methyl sites for hydroxylation is 3. The van der Waals surface area contributed by atoms with Gasteiger partial charge in [-0.1, -0.05) is 0 Å². The molecule has 1 aliphatic rings. The zero-order valence-corrected chi connectivity index (χ0v) is 22.9. The van der Waals surface area contributed by atoms with Crippen LogP contribution in [-0.4, -0.2) is 54.2 Å². The van der Waals surface area contributed by atoms with Crippen molar-refractivity contribution >= 4 is 11.8 Å². The zero-order chi connectivity index (χ0) is 27.8. The number of hydrogen-bond acceptors (Lipinski definition) is 6. The number of pyridine rings is 1. The molecule has 10 heteroatoms. The first-order valence-corrected chi connectivity index (χ1v) is 13.1. The highest BCUT2D eigenvalue weighted by molar-refractivity contribution is 5.99. The van der Waals surface area contributed by atoms with Gasteiger partial charge in [0.25, 0.3) is 11.8 Å². The van der Waals surface area contributed by atoms with Crippen LogP contribution in [0.2, 0.25) is 0 Å². The fourth-order valence-corrected chi connectivity index (χ4v) is 5.31. The molecule has 4 heterocycles. The van der Waals surface area contributed by atoms with Gasteiger partial charge in [0, 0.05) is 62.1 Å². The SMILES string of the molecule is CCOc1cc([C@H](C)N2CCc3c(cc(Cn4ccnc4C)cc3-c3cn(C)nc3C)C2=O)ncc1C(N)=O. The Kier molecular flexibility index (Phi) is 6.94. The van der Waals surface area contributed by atoms with Gasteiger partial charge in [0.1, 0.15) is 11.6 Å². The van der Waals surface area contributed by atoms with Gasteiger partial charge >= 0.3 is 0 Å². The summed E-state index contributed by atoms with van der Waals surface area (Å²) in [5.74, 6) is 0.615. The number of aromatic nitrogens is 5. The highest BCUT2D eigenvalue weighted by atomic mass is 16.5. The monoisotopic (exact) mass is 527 g/mol. The van der Waals surface area contributed by atoms with Gasteiger partial charge in [-0.25, -0.2) is 4.98 Å². The summed E-state index contributed by atoms with van der Waals surface area (Å²) in [5.41, 5.74) is 12.1. The molecule has 5 rings (SSSR count). The molecule has 202 valence electrons. The Morgan fingerprint density at radius 3 is 2.56 bits per heavy atom. The van der Waals surface area contributed by atoms with E-state index in [4.69, 9.17) is 10.5 Å². The Morgan fingerprint density at radius 2 is 1.92 bits per heavy atom. The van der Waals surface area contributed by atoms with E-state index in [-0.39, 0.29) is 17.5 Å². The second-order valence-electron chi connectivity index (χ2n) is 9.90. The van der Waals surface area contributed by atoms with Crippen molar-refractivity contribution in [2.75, 3.05) is 13.2 Å². The number of nitrogens with zero attached hydrogens (tertiary/aromatic N) is 6. The Morgan fingerprint density at radius 1 is 1.15 bits per heavy atom. The highest BCUT2D eigenvalue weighted by Crippen LogP contribution is 2.36. The first-order chi connectivity index (χ1) is 18.7. The van der Waals surface area contributed by atoms with E-state index >= 15 is 0 Å². The predicted octanol–water partition coefficient (Wildman–Crippen LogP) is 3.60. The van der Waals surface area contributed by atoms with Crippen molar-refractivity contribution in [3.8, 4) is 16.9 Å². The Bertz CT molecular complexity index is 1570. The largest absolute Gasteiger partial charge is 0.493 e. The van der Waals surface area contributed by atoms with Gasteiger partial charge in [-0.15, -0.1) is 0 Å². The van der Waals surface area contributed by atoms with Crippen molar-refractivity contribution in [1.29, 1.82) is 0 Å². The molecule has 0 aliphatic carbocycles. The number of ether oxygens (including phenoxy) is 1. The average molecular weight is 528 g/mol. The van der Waals surface area contributed by atoms with Crippen LogP contribution in [0.3, 0.4) is 0 Å². The average Bonchev–Trinajstić information content (AvgIpc) is 3.46. The lowest BCUT2D eigenvalue weighted by molar-refractivity contribution is 0.0668. The molecule has 0 fully saturated rings. The number of amides is 2. The topological polar surface area (TPSA) is 121 Å². The van der Waals surface area contributed by atoms with E-state index < -0.39 is 5.91 Å². The predicted molar refractivity (Wildman–Crippen MR) is 147 cm³/mol. The summed E-state index contributed by atoms with van der Waals surface area (Å²) in [6.45, 7) is 9.24. The molecule has 10 nitrogen and oxygen atoms in total. The number of carbonyl (C=O) groups is 2. The van der Waals surface area contributed by atoms with Crippen molar-refractivity contribution < 1.29 is 14.3 Å². The van der Waals surface area contributed by atoms with Crippen LogP contribution in [0.15, 0.2) is 43.0 Å². The van der Waals surface area contributed by atoms with Crippen LogP contribution < -0.4 is 10.5 Å². The van der Waals surface area contributed by atoms with Gasteiger partial charge in [-0.3, -0.25) is 19.3 Å². The molecule has 1 atom stereocenters. The van der Waals surface area contributed by atoms with Gasteiger partial charge in [-0.2, -0.15) is 5.10 Å². The smallest absolute Gasteiger partial charge is 0.254 e. The zero-order valence-electron chi connectivity index (χ0n) is 22.9. The lowest BCUT2D eigenvalue weighted by Gasteiger charge is -2.34. The fourth-order valence-electron chi connectivity index (χ4n) is 5.31. The van der Waals surface area contributed by atoms with Gasteiger partial charge in [0.2, 0.25) is 0 Å². The summed E-state index contributed by atoms with van der Waals surface area (Å²) in [7, 11) is 1.91. The minimum absolute atomic E-state index is 0.0607. The number of hydrogen-bond donors (Lipinski definition) is 1. The van der Waals surface area contributed by atoms with Crippen LogP contribution in [0.25, 0.3) is 11.1 Å².